The summed E-state index contributed by atoms with van der Waals surface area (Å²) in [6, 6.07) is 6.61. The van der Waals surface area contributed by atoms with Crippen molar-refractivity contribution in [2.75, 3.05) is 38.6 Å². The van der Waals surface area contributed by atoms with Gasteiger partial charge in [0.1, 0.15) is 5.69 Å². The maximum absolute atomic E-state index is 11.0. The molecule has 1 aromatic carbocycles. The van der Waals surface area contributed by atoms with Gasteiger partial charge in [-0.15, -0.1) is 24.0 Å². The normalized spacial score (nSPS) is 12.3. The Morgan fingerprint density at radius 2 is 1.89 bits per heavy atom. The number of ether oxygens (including phenoxy) is 1. The zero-order valence-electron chi connectivity index (χ0n) is 16.5. The van der Waals surface area contributed by atoms with Crippen LogP contribution in [0.25, 0.3) is 0 Å². The number of halogens is 1. The molecule has 0 radical (unpaired) electrons. The number of hydrogen-bond donors (Lipinski definition) is 3. The summed E-state index contributed by atoms with van der Waals surface area (Å²) in [6.07, 6.45) is 1.13. The number of benzene rings is 1. The molecule has 1 unspecified atom stereocenters. The largest absolute Gasteiger partial charge is 0.378 e. The van der Waals surface area contributed by atoms with Crippen LogP contribution in [0, 0.1) is 16.0 Å². The highest BCUT2D eigenvalue weighted by Crippen LogP contribution is 2.22. The zero-order chi connectivity index (χ0) is 19.4. The Morgan fingerprint density at radius 1 is 1.22 bits per heavy atom. The Labute approximate surface area is 178 Å². The summed E-state index contributed by atoms with van der Waals surface area (Å²) < 4.78 is 5.73. The first kappa shape index (κ1) is 25.4. The van der Waals surface area contributed by atoms with Crippen molar-refractivity contribution >= 4 is 41.3 Å². The van der Waals surface area contributed by atoms with Crippen molar-refractivity contribution < 1.29 is 9.66 Å². The molecule has 0 spiro atoms. The number of hydrogen-bond acceptors (Lipinski definition) is 5. The smallest absolute Gasteiger partial charge is 0.292 e. The number of nitro benzene ring substituents is 1. The van der Waals surface area contributed by atoms with Crippen LogP contribution in [0.1, 0.15) is 27.2 Å². The molecule has 0 amide bonds. The fourth-order valence-corrected chi connectivity index (χ4v) is 2.54. The average Bonchev–Trinajstić information content (AvgIpc) is 2.62. The van der Waals surface area contributed by atoms with Crippen LogP contribution in [0.15, 0.2) is 29.3 Å². The van der Waals surface area contributed by atoms with Gasteiger partial charge in [0.15, 0.2) is 5.96 Å². The molecule has 0 saturated heterocycles. The lowest BCUT2D eigenvalue weighted by molar-refractivity contribution is -0.384. The fourth-order valence-electron chi connectivity index (χ4n) is 2.54. The zero-order valence-corrected chi connectivity index (χ0v) is 18.9. The van der Waals surface area contributed by atoms with E-state index in [0.717, 1.165) is 13.0 Å². The van der Waals surface area contributed by atoms with Crippen LogP contribution in [0.2, 0.25) is 0 Å². The number of aliphatic imine (C=N–C) groups is 1. The first-order chi connectivity index (χ1) is 12.5. The maximum Gasteiger partial charge on any atom is 0.292 e. The molecular formula is C18H32IN5O3. The SMILES string of the molecule is CCOC(CCNC(=NC)NCCNc1ccccc1[N+](=O)[O-])C(C)C.I. The third kappa shape index (κ3) is 9.76. The van der Waals surface area contributed by atoms with Gasteiger partial charge in [0.05, 0.1) is 11.0 Å². The Hall–Kier alpha value is -1.62. The van der Waals surface area contributed by atoms with Crippen LogP contribution in [0.4, 0.5) is 11.4 Å². The van der Waals surface area contributed by atoms with E-state index in [1.165, 1.54) is 6.07 Å². The molecule has 0 aromatic heterocycles. The van der Waals surface area contributed by atoms with Crippen molar-refractivity contribution in [1.82, 2.24) is 10.6 Å². The molecule has 154 valence electrons. The molecule has 27 heavy (non-hydrogen) atoms. The lowest BCUT2D eigenvalue weighted by atomic mass is 10.0. The fraction of sp³-hybridized carbons (Fsp3) is 0.611. The number of guanidine groups is 1. The maximum atomic E-state index is 11.0. The number of nitrogens with one attached hydrogen (secondary N) is 3. The molecule has 0 aliphatic carbocycles. The molecule has 0 fully saturated rings. The molecular weight excluding hydrogens is 461 g/mol. The summed E-state index contributed by atoms with van der Waals surface area (Å²) >= 11 is 0. The predicted molar refractivity (Wildman–Crippen MR) is 121 cm³/mol. The minimum Gasteiger partial charge on any atom is -0.378 e. The van der Waals surface area contributed by atoms with E-state index in [1.54, 1.807) is 25.2 Å². The second-order valence-electron chi connectivity index (χ2n) is 6.15. The number of anilines is 1. The monoisotopic (exact) mass is 493 g/mol. The van der Waals surface area contributed by atoms with E-state index in [0.29, 0.717) is 37.3 Å². The lowest BCUT2D eigenvalue weighted by Gasteiger charge is -2.21. The van der Waals surface area contributed by atoms with Crippen molar-refractivity contribution in [2.24, 2.45) is 10.9 Å². The van der Waals surface area contributed by atoms with Gasteiger partial charge in [-0.3, -0.25) is 15.1 Å². The van der Waals surface area contributed by atoms with Crippen LogP contribution in [0.5, 0.6) is 0 Å². The molecule has 1 aromatic rings. The van der Waals surface area contributed by atoms with Crippen molar-refractivity contribution in [3.63, 3.8) is 0 Å². The Morgan fingerprint density at radius 3 is 2.48 bits per heavy atom. The highest BCUT2D eigenvalue weighted by molar-refractivity contribution is 14.0. The molecule has 0 saturated carbocycles. The molecule has 0 heterocycles. The van der Waals surface area contributed by atoms with Gasteiger partial charge in [0, 0.05) is 39.4 Å². The molecule has 0 aliphatic rings. The third-order valence-corrected chi connectivity index (χ3v) is 3.90. The summed E-state index contributed by atoms with van der Waals surface area (Å²) in [5.74, 6) is 1.17. The number of para-hydroxylation sites is 2. The van der Waals surface area contributed by atoms with Gasteiger partial charge < -0.3 is 20.7 Å². The number of nitro groups is 1. The number of rotatable bonds is 11. The van der Waals surface area contributed by atoms with Gasteiger partial charge in [0.2, 0.25) is 0 Å². The summed E-state index contributed by atoms with van der Waals surface area (Å²) in [7, 11) is 1.72. The van der Waals surface area contributed by atoms with Crippen molar-refractivity contribution in [3.05, 3.63) is 34.4 Å². The topological polar surface area (TPSA) is 101 Å². The lowest BCUT2D eigenvalue weighted by Crippen LogP contribution is -2.41. The quantitative estimate of drug-likeness (QED) is 0.109. The molecule has 8 nitrogen and oxygen atoms in total. The van der Waals surface area contributed by atoms with Crippen molar-refractivity contribution in [2.45, 2.75) is 33.3 Å². The molecule has 3 N–H and O–H groups in total. The molecule has 1 rings (SSSR count). The highest BCUT2D eigenvalue weighted by Gasteiger charge is 2.13. The van der Waals surface area contributed by atoms with E-state index in [2.05, 4.69) is 34.8 Å². The van der Waals surface area contributed by atoms with E-state index in [-0.39, 0.29) is 40.7 Å². The summed E-state index contributed by atoms with van der Waals surface area (Å²) in [6.45, 7) is 8.92. The van der Waals surface area contributed by atoms with E-state index in [9.17, 15) is 10.1 Å². The standard InChI is InChI=1S/C18H31N5O3.HI/c1-5-26-17(14(2)3)10-11-21-18(19-4)22-13-12-20-15-8-6-7-9-16(15)23(24)25;/h6-9,14,17,20H,5,10-13H2,1-4H3,(H2,19,21,22);1H. The van der Waals surface area contributed by atoms with Crippen LogP contribution in [-0.4, -0.2) is 50.3 Å². The first-order valence-electron chi connectivity index (χ1n) is 9.03. The van der Waals surface area contributed by atoms with Gasteiger partial charge in [-0.05, 0) is 25.3 Å². The second-order valence-corrected chi connectivity index (χ2v) is 6.15. The van der Waals surface area contributed by atoms with E-state index in [1.807, 2.05) is 6.92 Å². The van der Waals surface area contributed by atoms with Crippen LogP contribution >= 0.6 is 24.0 Å². The highest BCUT2D eigenvalue weighted by atomic mass is 127. The van der Waals surface area contributed by atoms with E-state index in [4.69, 9.17) is 4.74 Å². The van der Waals surface area contributed by atoms with Crippen LogP contribution in [-0.2, 0) is 4.74 Å². The predicted octanol–water partition coefficient (Wildman–Crippen LogP) is 3.24. The van der Waals surface area contributed by atoms with Gasteiger partial charge in [-0.1, -0.05) is 26.0 Å². The van der Waals surface area contributed by atoms with E-state index < -0.39 is 0 Å². The minimum absolute atomic E-state index is 0. The molecule has 9 heteroatoms. The first-order valence-corrected chi connectivity index (χ1v) is 9.03. The Balaban J connectivity index is 0.00000676. The average molecular weight is 493 g/mol. The molecule has 1 atom stereocenters. The number of nitrogens with zero attached hydrogens (tertiary/aromatic N) is 2. The Kier molecular flexibility index (Phi) is 13.6. The van der Waals surface area contributed by atoms with Crippen molar-refractivity contribution in [1.29, 1.82) is 0 Å². The second kappa shape index (κ2) is 14.4. The third-order valence-electron chi connectivity index (χ3n) is 3.90. The molecule has 0 aliphatic heterocycles. The minimum atomic E-state index is -0.389. The van der Waals surface area contributed by atoms with Gasteiger partial charge in [-0.25, -0.2) is 0 Å². The van der Waals surface area contributed by atoms with E-state index >= 15 is 0 Å². The van der Waals surface area contributed by atoms with Crippen LogP contribution < -0.4 is 16.0 Å². The summed E-state index contributed by atoms with van der Waals surface area (Å²) in [5, 5.41) is 20.5. The summed E-state index contributed by atoms with van der Waals surface area (Å²) in [5.41, 5.74) is 0.587. The molecule has 0 bridgehead atoms. The Bertz CT molecular complexity index is 584. The van der Waals surface area contributed by atoms with Crippen molar-refractivity contribution in [3.8, 4) is 0 Å². The van der Waals surface area contributed by atoms with Gasteiger partial charge >= 0.3 is 0 Å². The van der Waals surface area contributed by atoms with Gasteiger partial charge in [0.25, 0.3) is 5.69 Å². The van der Waals surface area contributed by atoms with Gasteiger partial charge in [-0.2, -0.15) is 0 Å². The van der Waals surface area contributed by atoms with Crippen LogP contribution in [0.3, 0.4) is 0 Å². The summed E-state index contributed by atoms with van der Waals surface area (Å²) in [4.78, 5) is 14.8.